The number of rotatable bonds is 5. The third-order valence-electron chi connectivity index (χ3n) is 4.27. The average molecular weight is 295 g/mol. The van der Waals surface area contributed by atoms with Gasteiger partial charge in [-0.3, -0.25) is 4.79 Å². The monoisotopic (exact) mass is 295 g/mol. The third kappa shape index (κ3) is 2.85. The Kier molecular flexibility index (Phi) is 3.52. The van der Waals surface area contributed by atoms with Gasteiger partial charge in [0.2, 0.25) is 0 Å². The Balaban J connectivity index is 1.85. The number of carbonyl (C=O) groups is 1. The molecule has 1 aromatic rings. The van der Waals surface area contributed by atoms with Crippen LogP contribution >= 0.6 is 11.8 Å². The Morgan fingerprint density at radius 1 is 1.40 bits per heavy atom. The van der Waals surface area contributed by atoms with Crippen LogP contribution in [-0.2, 0) is 4.79 Å². The van der Waals surface area contributed by atoms with E-state index in [9.17, 15) is 4.79 Å². The summed E-state index contributed by atoms with van der Waals surface area (Å²) in [6.07, 6.45) is 5.87. The van der Waals surface area contributed by atoms with Crippen molar-refractivity contribution in [2.75, 3.05) is 5.75 Å². The summed E-state index contributed by atoms with van der Waals surface area (Å²) in [5.74, 6) is 0.883. The van der Waals surface area contributed by atoms with E-state index in [0.29, 0.717) is 17.4 Å². The highest BCUT2D eigenvalue weighted by Crippen LogP contribution is 2.48. The van der Waals surface area contributed by atoms with Gasteiger partial charge in [0.15, 0.2) is 5.16 Å². The van der Waals surface area contributed by atoms with Crippen LogP contribution in [0.5, 0.6) is 0 Å². The molecule has 1 N–H and O–H groups in total. The van der Waals surface area contributed by atoms with Gasteiger partial charge >= 0.3 is 5.97 Å². The molecule has 20 heavy (non-hydrogen) atoms. The zero-order valence-electron chi connectivity index (χ0n) is 12.0. The van der Waals surface area contributed by atoms with E-state index in [0.717, 1.165) is 23.8 Å². The first kappa shape index (κ1) is 13.9. The molecule has 110 valence electrons. The summed E-state index contributed by atoms with van der Waals surface area (Å²) in [5.41, 5.74) is 0.366. The minimum absolute atomic E-state index is 0.0545. The molecule has 0 aliphatic heterocycles. The fourth-order valence-electron chi connectivity index (χ4n) is 3.10. The molecule has 2 fully saturated rings. The maximum Gasteiger partial charge on any atom is 0.313 e. The topological polar surface area (TPSA) is 68.0 Å². The van der Waals surface area contributed by atoms with Crippen LogP contribution in [0.25, 0.3) is 0 Å². The van der Waals surface area contributed by atoms with Gasteiger partial charge in [0.1, 0.15) is 5.82 Å². The van der Waals surface area contributed by atoms with Gasteiger partial charge in [0.25, 0.3) is 0 Å². The molecule has 2 saturated carbocycles. The molecule has 0 bridgehead atoms. The Bertz CT molecular complexity index is 522. The highest BCUT2D eigenvalue weighted by Gasteiger charge is 2.38. The Morgan fingerprint density at radius 2 is 2.15 bits per heavy atom. The first-order chi connectivity index (χ1) is 9.46. The van der Waals surface area contributed by atoms with Crippen molar-refractivity contribution >= 4 is 17.7 Å². The summed E-state index contributed by atoms with van der Waals surface area (Å²) in [6.45, 7) is 4.61. The Hall–Kier alpha value is -1.04. The predicted octanol–water partition coefficient (Wildman–Crippen LogP) is 3.08. The zero-order chi connectivity index (χ0) is 14.3. The average Bonchev–Trinajstić information content (AvgIpc) is 3.02. The van der Waals surface area contributed by atoms with Crippen molar-refractivity contribution in [1.82, 2.24) is 14.8 Å². The van der Waals surface area contributed by atoms with Gasteiger partial charge in [0, 0.05) is 12.0 Å². The minimum atomic E-state index is -0.802. The highest BCUT2D eigenvalue weighted by atomic mass is 32.2. The largest absolute Gasteiger partial charge is 0.481 e. The van der Waals surface area contributed by atoms with E-state index in [1.54, 1.807) is 0 Å². The van der Waals surface area contributed by atoms with Crippen LogP contribution in [0.1, 0.15) is 63.7 Å². The molecular formula is C14H21N3O2S. The molecule has 1 unspecified atom stereocenters. The van der Waals surface area contributed by atoms with Gasteiger partial charge in [-0.05, 0) is 37.5 Å². The molecule has 2 aliphatic carbocycles. The normalized spacial score (nSPS) is 25.0. The number of hydrogen-bond acceptors (Lipinski definition) is 4. The number of carboxylic acids is 1. The lowest BCUT2D eigenvalue weighted by Crippen LogP contribution is -2.13. The van der Waals surface area contributed by atoms with Crippen LogP contribution in [0.2, 0.25) is 0 Å². The third-order valence-corrected chi connectivity index (χ3v) is 5.19. The van der Waals surface area contributed by atoms with E-state index < -0.39 is 5.97 Å². The molecule has 1 atom stereocenters. The fourth-order valence-corrected chi connectivity index (χ4v) is 3.83. The predicted molar refractivity (Wildman–Crippen MR) is 77.0 cm³/mol. The van der Waals surface area contributed by atoms with Crippen molar-refractivity contribution < 1.29 is 9.90 Å². The summed E-state index contributed by atoms with van der Waals surface area (Å²) in [6, 6.07) is 0.437. The van der Waals surface area contributed by atoms with Crippen LogP contribution < -0.4 is 0 Å². The molecule has 5 nitrogen and oxygen atoms in total. The lowest BCUT2D eigenvalue weighted by molar-refractivity contribution is -0.133. The summed E-state index contributed by atoms with van der Waals surface area (Å²) < 4.78 is 2.25. The molecule has 0 radical (unpaired) electrons. The van der Waals surface area contributed by atoms with Crippen molar-refractivity contribution in [2.45, 2.75) is 63.1 Å². The van der Waals surface area contributed by atoms with Gasteiger partial charge < -0.3 is 9.67 Å². The summed E-state index contributed by atoms with van der Waals surface area (Å²) in [4.78, 5) is 10.8. The van der Waals surface area contributed by atoms with Crippen LogP contribution in [0.3, 0.4) is 0 Å². The molecule has 0 spiro atoms. The first-order valence-corrected chi connectivity index (χ1v) is 8.24. The number of aliphatic carboxylic acids is 1. The molecule has 6 heteroatoms. The Labute approximate surface area is 123 Å². The Morgan fingerprint density at radius 3 is 2.70 bits per heavy atom. The summed E-state index contributed by atoms with van der Waals surface area (Å²) in [7, 11) is 0. The molecule has 1 heterocycles. The summed E-state index contributed by atoms with van der Waals surface area (Å²) in [5, 5.41) is 18.3. The van der Waals surface area contributed by atoms with E-state index in [1.165, 1.54) is 31.0 Å². The lowest BCUT2D eigenvalue weighted by Gasteiger charge is -2.20. The second-order valence-corrected chi connectivity index (χ2v) is 7.67. The van der Waals surface area contributed by atoms with Crippen molar-refractivity contribution in [3.8, 4) is 0 Å². The summed E-state index contributed by atoms with van der Waals surface area (Å²) >= 11 is 1.30. The maximum absolute atomic E-state index is 10.8. The van der Waals surface area contributed by atoms with Gasteiger partial charge in [-0.2, -0.15) is 0 Å². The number of aromatic nitrogens is 3. The molecule has 0 aromatic carbocycles. The van der Waals surface area contributed by atoms with E-state index in [4.69, 9.17) is 5.11 Å². The van der Waals surface area contributed by atoms with E-state index in [1.807, 2.05) is 0 Å². The molecule has 1 aromatic heterocycles. The molecule has 2 aliphatic rings. The SMILES string of the molecule is CC1(C)CCC(n2c(SCC(=O)O)nnc2C2CC2)C1. The quantitative estimate of drug-likeness (QED) is 0.845. The van der Waals surface area contributed by atoms with Crippen LogP contribution in [0, 0.1) is 5.41 Å². The molecule has 0 amide bonds. The van der Waals surface area contributed by atoms with Crippen LogP contribution in [0.4, 0.5) is 0 Å². The first-order valence-electron chi connectivity index (χ1n) is 7.26. The minimum Gasteiger partial charge on any atom is -0.481 e. The number of nitrogens with zero attached hydrogens (tertiary/aromatic N) is 3. The van der Waals surface area contributed by atoms with E-state index in [2.05, 4.69) is 28.6 Å². The molecule has 3 rings (SSSR count). The highest BCUT2D eigenvalue weighted by molar-refractivity contribution is 7.99. The zero-order valence-corrected chi connectivity index (χ0v) is 12.8. The number of hydrogen-bond donors (Lipinski definition) is 1. The van der Waals surface area contributed by atoms with Gasteiger partial charge in [-0.25, -0.2) is 0 Å². The van der Waals surface area contributed by atoms with Gasteiger partial charge in [-0.1, -0.05) is 25.6 Å². The van der Waals surface area contributed by atoms with E-state index >= 15 is 0 Å². The van der Waals surface area contributed by atoms with Crippen molar-refractivity contribution in [1.29, 1.82) is 0 Å². The number of thioether (sulfide) groups is 1. The van der Waals surface area contributed by atoms with Crippen molar-refractivity contribution in [3.63, 3.8) is 0 Å². The fraction of sp³-hybridized carbons (Fsp3) is 0.786. The number of carboxylic acid groups (broad SMARTS) is 1. The maximum atomic E-state index is 10.8. The van der Waals surface area contributed by atoms with Crippen LogP contribution in [0.15, 0.2) is 5.16 Å². The van der Waals surface area contributed by atoms with Crippen molar-refractivity contribution in [2.24, 2.45) is 5.41 Å². The molecule has 0 saturated heterocycles. The van der Waals surface area contributed by atoms with Crippen LogP contribution in [-0.4, -0.2) is 31.6 Å². The van der Waals surface area contributed by atoms with Crippen molar-refractivity contribution in [3.05, 3.63) is 5.82 Å². The van der Waals surface area contributed by atoms with Gasteiger partial charge in [-0.15, -0.1) is 10.2 Å². The van der Waals surface area contributed by atoms with Gasteiger partial charge in [0.05, 0.1) is 5.75 Å². The lowest BCUT2D eigenvalue weighted by atomic mass is 9.92. The standard InChI is InChI=1S/C14H21N3O2S/c1-14(2)6-5-10(7-14)17-12(9-3-4-9)15-16-13(17)20-8-11(18)19/h9-10H,3-8H2,1-2H3,(H,18,19). The smallest absolute Gasteiger partial charge is 0.313 e. The second-order valence-electron chi connectivity index (χ2n) is 6.73. The molecular weight excluding hydrogens is 274 g/mol. The van der Waals surface area contributed by atoms with E-state index in [-0.39, 0.29) is 5.75 Å². The second kappa shape index (κ2) is 5.06.